The molecule has 0 N–H and O–H groups in total. The van der Waals surface area contributed by atoms with Gasteiger partial charge >= 0.3 is 6.18 Å². The normalized spacial score (nSPS) is 15.6. The van der Waals surface area contributed by atoms with E-state index in [1.165, 1.54) is 18.3 Å². The van der Waals surface area contributed by atoms with Crippen molar-refractivity contribution >= 4 is 16.9 Å². The third-order valence-corrected chi connectivity index (χ3v) is 5.01. The van der Waals surface area contributed by atoms with Crippen LogP contribution in [0.5, 0.6) is 0 Å². The number of para-hydroxylation sites is 2. The number of hydrogen-bond donors (Lipinski definition) is 0. The van der Waals surface area contributed by atoms with Crippen LogP contribution >= 0.6 is 0 Å². The molecule has 150 valence electrons. The number of carbonyl (C=O) groups excluding carboxylic acids is 1. The molecule has 0 bridgehead atoms. The average molecular weight is 400 g/mol. The van der Waals surface area contributed by atoms with Crippen LogP contribution in [-0.4, -0.2) is 51.9 Å². The molecule has 1 saturated heterocycles. The second kappa shape index (κ2) is 7.79. The van der Waals surface area contributed by atoms with Gasteiger partial charge in [-0.2, -0.15) is 13.2 Å². The van der Waals surface area contributed by atoms with Crippen molar-refractivity contribution in [1.29, 1.82) is 0 Å². The van der Waals surface area contributed by atoms with Crippen molar-refractivity contribution in [2.24, 2.45) is 0 Å². The Morgan fingerprint density at radius 2 is 1.59 bits per heavy atom. The minimum absolute atomic E-state index is 0.155. The van der Waals surface area contributed by atoms with Crippen molar-refractivity contribution < 1.29 is 18.0 Å². The van der Waals surface area contributed by atoms with Gasteiger partial charge < -0.3 is 4.90 Å². The van der Waals surface area contributed by atoms with Crippen LogP contribution in [0.2, 0.25) is 0 Å². The Morgan fingerprint density at radius 1 is 0.931 bits per heavy atom. The second-order valence-electron chi connectivity index (χ2n) is 7.01. The van der Waals surface area contributed by atoms with Gasteiger partial charge in [0.05, 0.1) is 22.8 Å². The van der Waals surface area contributed by atoms with Gasteiger partial charge in [0.15, 0.2) is 0 Å². The summed E-state index contributed by atoms with van der Waals surface area (Å²) in [6.07, 6.45) is -2.82. The molecule has 5 nitrogen and oxygen atoms in total. The first-order chi connectivity index (χ1) is 13.9. The Hall–Kier alpha value is -3.00. The van der Waals surface area contributed by atoms with Crippen LogP contribution < -0.4 is 0 Å². The zero-order valence-corrected chi connectivity index (χ0v) is 15.6. The number of alkyl halides is 3. The number of rotatable bonds is 3. The highest BCUT2D eigenvalue weighted by Crippen LogP contribution is 2.29. The molecule has 0 saturated carbocycles. The zero-order valence-electron chi connectivity index (χ0n) is 15.6. The molecule has 3 aromatic rings. The largest absolute Gasteiger partial charge is 0.416 e. The molecule has 2 heterocycles. The van der Waals surface area contributed by atoms with E-state index in [9.17, 15) is 18.0 Å². The SMILES string of the molecule is O=C(c1cnc2ccccc2n1)N1CCN(Cc2ccc(C(F)(F)F)cc2)CC1. The first-order valence-electron chi connectivity index (χ1n) is 9.30. The number of aromatic nitrogens is 2. The minimum Gasteiger partial charge on any atom is -0.335 e. The number of halogens is 3. The molecule has 2 aromatic carbocycles. The topological polar surface area (TPSA) is 49.3 Å². The quantitative estimate of drug-likeness (QED) is 0.674. The first-order valence-corrected chi connectivity index (χ1v) is 9.30. The van der Waals surface area contributed by atoms with Crippen LogP contribution in [0.1, 0.15) is 21.6 Å². The van der Waals surface area contributed by atoms with Gasteiger partial charge in [-0.05, 0) is 29.8 Å². The molecule has 1 aromatic heterocycles. The van der Waals surface area contributed by atoms with Crippen LogP contribution in [0.4, 0.5) is 13.2 Å². The second-order valence-corrected chi connectivity index (χ2v) is 7.01. The standard InChI is InChI=1S/C21H19F3N4O/c22-21(23,24)16-7-5-15(6-8-16)14-27-9-11-28(12-10-27)20(29)19-13-25-17-3-1-2-4-18(17)26-19/h1-8,13H,9-12,14H2. The van der Waals surface area contributed by atoms with E-state index < -0.39 is 11.7 Å². The summed E-state index contributed by atoms with van der Waals surface area (Å²) in [6.45, 7) is 2.92. The summed E-state index contributed by atoms with van der Waals surface area (Å²) in [7, 11) is 0. The van der Waals surface area contributed by atoms with E-state index in [2.05, 4.69) is 14.9 Å². The Bertz CT molecular complexity index is 1010. The van der Waals surface area contributed by atoms with E-state index in [0.29, 0.717) is 43.9 Å². The summed E-state index contributed by atoms with van der Waals surface area (Å²) in [4.78, 5) is 25.3. The number of nitrogens with zero attached hydrogens (tertiary/aromatic N) is 4. The van der Waals surface area contributed by atoms with Crippen molar-refractivity contribution in [1.82, 2.24) is 19.8 Å². The highest BCUT2D eigenvalue weighted by molar-refractivity contribution is 5.93. The highest BCUT2D eigenvalue weighted by Gasteiger charge is 2.30. The molecule has 1 amide bonds. The van der Waals surface area contributed by atoms with Gasteiger partial charge in [0.25, 0.3) is 5.91 Å². The summed E-state index contributed by atoms with van der Waals surface area (Å²) in [5, 5.41) is 0. The maximum Gasteiger partial charge on any atom is 0.416 e. The Labute approximate surface area is 165 Å². The van der Waals surface area contributed by atoms with Gasteiger partial charge in [0.1, 0.15) is 5.69 Å². The van der Waals surface area contributed by atoms with Crippen LogP contribution in [-0.2, 0) is 12.7 Å². The third kappa shape index (κ3) is 4.37. The van der Waals surface area contributed by atoms with Crippen molar-refractivity contribution in [3.63, 3.8) is 0 Å². The lowest BCUT2D eigenvalue weighted by Crippen LogP contribution is -2.48. The summed E-state index contributed by atoms with van der Waals surface area (Å²) in [5.74, 6) is -0.155. The maximum atomic E-state index is 12.7. The number of carbonyl (C=O) groups is 1. The molecule has 0 atom stereocenters. The highest BCUT2D eigenvalue weighted by atomic mass is 19.4. The molecule has 0 aliphatic carbocycles. The zero-order chi connectivity index (χ0) is 20.4. The number of amides is 1. The van der Waals surface area contributed by atoms with Crippen molar-refractivity contribution in [3.05, 3.63) is 71.5 Å². The monoisotopic (exact) mass is 400 g/mol. The van der Waals surface area contributed by atoms with Gasteiger partial charge in [-0.1, -0.05) is 24.3 Å². The Morgan fingerprint density at radius 3 is 2.24 bits per heavy atom. The number of piperazine rings is 1. The van der Waals surface area contributed by atoms with Crippen molar-refractivity contribution in [2.45, 2.75) is 12.7 Å². The lowest BCUT2D eigenvalue weighted by Gasteiger charge is -2.34. The fourth-order valence-corrected chi connectivity index (χ4v) is 3.39. The van der Waals surface area contributed by atoms with E-state index in [4.69, 9.17) is 0 Å². The van der Waals surface area contributed by atoms with Gasteiger partial charge in [-0.15, -0.1) is 0 Å². The molecule has 1 aliphatic heterocycles. The molecule has 29 heavy (non-hydrogen) atoms. The Balaban J connectivity index is 1.35. The molecule has 8 heteroatoms. The summed E-state index contributed by atoms with van der Waals surface area (Å²) in [5.41, 5.74) is 1.91. The predicted octanol–water partition coefficient (Wildman–Crippen LogP) is 3.61. The summed E-state index contributed by atoms with van der Waals surface area (Å²) >= 11 is 0. The predicted molar refractivity (Wildman–Crippen MR) is 102 cm³/mol. The molecule has 1 fully saturated rings. The van der Waals surface area contributed by atoms with E-state index in [1.807, 2.05) is 24.3 Å². The van der Waals surface area contributed by atoms with Crippen LogP contribution in [0, 0.1) is 0 Å². The van der Waals surface area contributed by atoms with E-state index in [0.717, 1.165) is 23.2 Å². The Kier molecular flexibility index (Phi) is 5.19. The van der Waals surface area contributed by atoms with Crippen LogP contribution in [0.15, 0.2) is 54.7 Å². The fraction of sp³-hybridized carbons (Fsp3) is 0.286. The maximum absolute atomic E-state index is 12.7. The first kappa shape index (κ1) is 19.3. The van der Waals surface area contributed by atoms with E-state index >= 15 is 0 Å². The number of fused-ring (bicyclic) bond motifs is 1. The van der Waals surface area contributed by atoms with Gasteiger partial charge in [0.2, 0.25) is 0 Å². The third-order valence-electron chi connectivity index (χ3n) is 5.01. The van der Waals surface area contributed by atoms with Gasteiger partial charge in [-0.3, -0.25) is 14.7 Å². The smallest absolute Gasteiger partial charge is 0.335 e. The molecule has 0 unspecified atom stereocenters. The minimum atomic E-state index is -4.32. The molecule has 0 radical (unpaired) electrons. The fourth-order valence-electron chi connectivity index (χ4n) is 3.39. The molecule has 1 aliphatic rings. The molecular formula is C21H19F3N4O. The molecule has 4 rings (SSSR count). The number of hydrogen-bond acceptors (Lipinski definition) is 4. The van der Waals surface area contributed by atoms with Crippen LogP contribution in [0.25, 0.3) is 11.0 Å². The lowest BCUT2D eigenvalue weighted by atomic mass is 10.1. The van der Waals surface area contributed by atoms with Gasteiger partial charge in [0, 0.05) is 32.7 Å². The van der Waals surface area contributed by atoms with Crippen LogP contribution in [0.3, 0.4) is 0 Å². The van der Waals surface area contributed by atoms with E-state index in [-0.39, 0.29) is 5.91 Å². The molecule has 0 spiro atoms. The summed E-state index contributed by atoms with van der Waals surface area (Å²) < 4.78 is 38.0. The van der Waals surface area contributed by atoms with Crippen molar-refractivity contribution in [2.75, 3.05) is 26.2 Å². The lowest BCUT2D eigenvalue weighted by molar-refractivity contribution is -0.137. The average Bonchev–Trinajstić information content (AvgIpc) is 2.73. The van der Waals surface area contributed by atoms with Gasteiger partial charge in [-0.25, -0.2) is 4.98 Å². The molecular weight excluding hydrogens is 381 g/mol. The van der Waals surface area contributed by atoms with Crippen molar-refractivity contribution in [3.8, 4) is 0 Å². The van der Waals surface area contributed by atoms with E-state index in [1.54, 1.807) is 4.90 Å². The number of benzene rings is 2. The summed E-state index contributed by atoms with van der Waals surface area (Å²) in [6, 6.07) is 12.6.